The van der Waals surface area contributed by atoms with Crippen LogP contribution in [-0.4, -0.2) is 79.1 Å². The number of aromatic nitrogens is 6. The highest BCUT2D eigenvalue weighted by Crippen LogP contribution is 2.45. The number of aliphatic hydroxyl groups is 1. The van der Waals surface area contributed by atoms with Crippen molar-refractivity contribution in [2.75, 3.05) is 41.2 Å². The monoisotopic (exact) mass is 741 g/mol. The summed E-state index contributed by atoms with van der Waals surface area (Å²) in [5.41, 5.74) is -2.60. The molecule has 6 aromatic rings. The zero-order valence-corrected chi connectivity index (χ0v) is 28.0. The third-order valence-corrected chi connectivity index (χ3v) is 9.47. The summed E-state index contributed by atoms with van der Waals surface area (Å²) in [6.07, 6.45) is -5.81. The van der Waals surface area contributed by atoms with Crippen LogP contribution in [0.25, 0.3) is 32.9 Å². The highest BCUT2D eigenvalue weighted by Gasteiger charge is 2.70. The number of fused-ring (bicyclic) bond motifs is 2. The standard InChI is InChI=1S/C34H29F6N9O2S/c1-20-24(6-7-27-26(20)18-44-49(27)19-32(50,33(35,36)37)34(38,39)40)30-25-16-28(43-17-21(25)8-10-41-30)45-22-2-4-23(5-3-22)52-47-31-42-11-9-29(46-31)48-12-14-51-15-13-48/h2-11,16-18,50H,12-15,19H2,1H3,(H,43,45)(H,42,46,47). The number of rotatable bonds is 9. The number of hydrogen-bond acceptors (Lipinski definition) is 11. The molecule has 0 amide bonds. The van der Waals surface area contributed by atoms with Crippen molar-refractivity contribution in [3.8, 4) is 11.3 Å². The van der Waals surface area contributed by atoms with Gasteiger partial charge in [-0.1, -0.05) is 6.07 Å². The predicted molar refractivity (Wildman–Crippen MR) is 184 cm³/mol. The predicted octanol–water partition coefficient (Wildman–Crippen LogP) is 7.30. The number of benzene rings is 2. The van der Waals surface area contributed by atoms with E-state index in [1.54, 1.807) is 43.7 Å². The second-order valence-corrected chi connectivity index (χ2v) is 12.9. The fraction of sp³-hybridized carbons (Fsp3) is 0.265. The summed E-state index contributed by atoms with van der Waals surface area (Å²) in [4.78, 5) is 21.1. The van der Waals surface area contributed by atoms with E-state index in [1.807, 2.05) is 30.3 Å². The Morgan fingerprint density at radius 1 is 0.865 bits per heavy atom. The molecule has 270 valence electrons. The molecule has 0 radical (unpaired) electrons. The SMILES string of the molecule is Cc1c(-c2nccc3cnc(Nc4ccc(SNc5nccc(N6CCOCC6)n5)cc4)cc23)ccc2c1cnn2CC(O)(C(F)(F)F)C(F)(F)F. The average molecular weight is 742 g/mol. The molecule has 11 nitrogen and oxygen atoms in total. The Labute approximate surface area is 296 Å². The fourth-order valence-corrected chi connectivity index (χ4v) is 6.38. The van der Waals surface area contributed by atoms with Crippen molar-refractivity contribution in [2.45, 2.75) is 36.3 Å². The maximum Gasteiger partial charge on any atom is 0.428 e. The molecule has 4 aromatic heterocycles. The van der Waals surface area contributed by atoms with Gasteiger partial charge in [0.05, 0.1) is 37.2 Å². The third-order valence-electron chi connectivity index (χ3n) is 8.68. The Morgan fingerprint density at radius 2 is 1.60 bits per heavy atom. The Bertz CT molecular complexity index is 2210. The van der Waals surface area contributed by atoms with Crippen LogP contribution >= 0.6 is 11.9 Å². The van der Waals surface area contributed by atoms with E-state index in [0.29, 0.717) is 57.3 Å². The molecule has 7 rings (SSSR count). The summed E-state index contributed by atoms with van der Waals surface area (Å²) < 4.78 is 89.5. The molecule has 1 aliphatic heterocycles. The van der Waals surface area contributed by atoms with Gasteiger partial charge in [0.15, 0.2) is 0 Å². The number of nitrogens with one attached hydrogen (secondary N) is 2. The minimum absolute atomic E-state index is 0.0109. The van der Waals surface area contributed by atoms with Crippen LogP contribution in [0.2, 0.25) is 0 Å². The number of nitrogens with zero attached hydrogens (tertiary/aromatic N) is 7. The number of alkyl halides is 6. The van der Waals surface area contributed by atoms with Gasteiger partial charge in [0.25, 0.3) is 5.60 Å². The van der Waals surface area contributed by atoms with Crippen molar-refractivity contribution in [2.24, 2.45) is 0 Å². The molecule has 0 atom stereocenters. The highest BCUT2D eigenvalue weighted by atomic mass is 32.2. The summed E-state index contributed by atoms with van der Waals surface area (Å²) in [5.74, 6) is 1.83. The fourth-order valence-electron chi connectivity index (χ4n) is 5.81. The van der Waals surface area contributed by atoms with E-state index in [1.165, 1.54) is 24.2 Å². The first kappa shape index (κ1) is 35.2. The van der Waals surface area contributed by atoms with Gasteiger partial charge in [0, 0.05) is 64.0 Å². The van der Waals surface area contributed by atoms with E-state index in [4.69, 9.17) is 4.74 Å². The molecular formula is C34H29F6N9O2S. The van der Waals surface area contributed by atoms with Crippen LogP contribution in [0.5, 0.6) is 0 Å². The van der Waals surface area contributed by atoms with Crippen LogP contribution in [0.4, 0.5) is 49.6 Å². The quantitative estimate of drug-likeness (QED) is 0.102. The van der Waals surface area contributed by atoms with Crippen molar-refractivity contribution < 1.29 is 36.2 Å². The van der Waals surface area contributed by atoms with Crippen LogP contribution in [0.15, 0.2) is 84.3 Å². The van der Waals surface area contributed by atoms with Crippen molar-refractivity contribution in [3.63, 3.8) is 0 Å². The van der Waals surface area contributed by atoms with Crippen molar-refractivity contribution in [1.29, 1.82) is 0 Å². The first-order valence-corrected chi connectivity index (χ1v) is 16.6. The van der Waals surface area contributed by atoms with Crippen LogP contribution < -0.4 is 14.9 Å². The van der Waals surface area contributed by atoms with Crippen molar-refractivity contribution in [1.82, 2.24) is 29.7 Å². The van der Waals surface area contributed by atoms with E-state index in [0.717, 1.165) is 34.9 Å². The van der Waals surface area contributed by atoms with Gasteiger partial charge in [-0.25, -0.2) is 9.97 Å². The van der Waals surface area contributed by atoms with E-state index >= 15 is 0 Å². The van der Waals surface area contributed by atoms with Gasteiger partial charge in [-0.05, 0) is 73.0 Å². The van der Waals surface area contributed by atoms with Crippen molar-refractivity contribution in [3.05, 3.63) is 84.9 Å². The van der Waals surface area contributed by atoms with Gasteiger partial charge in [0.1, 0.15) is 11.6 Å². The maximum absolute atomic E-state index is 13.4. The molecule has 52 heavy (non-hydrogen) atoms. The number of pyridine rings is 2. The molecule has 1 aliphatic rings. The summed E-state index contributed by atoms with van der Waals surface area (Å²) in [5, 5.41) is 18.6. The van der Waals surface area contributed by atoms with Crippen LogP contribution in [0.3, 0.4) is 0 Å². The molecule has 0 aliphatic carbocycles. The number of hydrogen-bond donors (Lipinski definition) is 3. The Balaban J connectivity index is 1.09. The maximum atomic E-state index is 13.4. The lowest BCUT2D eigenvalue weighted by atomic mass is 9.98. The summed E-state index contributed by atoms with van der Waals surface area (Å²) in [7, 11) is 0. The Morgan fingerprint density at radius 3 is 2.33 bits per heavy atom. The molecule has 0 saturated carbocycles. The number of anilines is 4. The largest absolute Gasteiger partial charge is 0.428 e. The zero-order chi connectivity index (χ0) is 36.7. The topological polar surface area (TPSA) is 126 Å². The summed E-state index contributed by atoms with van der Waals surface area (Å²) in [6, 6.07) is 16.0. The summed E-state index contributed by atoms with van der Waals surface area (Å²) in [6.45, 7) is 2.66. The number of aryl methyl sites for hydroxylation is 1. The molecule has 0 unspecified atom stereocenters. The number of morpholine rings is 1. The Hall–Kier alpha value is -5.20. The van der Waals surface area contributed by atoms with Gasteiger partial charge in [0.2, 0.25) is 5.95 Å². The highest BCUT2D eigenvalue weighted by molar-refractivity contribution is 8.00. The molecule has 1 saturated heterocycles. The lowest BCUT2D eigenvalue weighted by Crippen LogP contribution is -2.59. The van der Waals surface area contributed by atoms with Crippen molar-refractivity contribution >= 4 is 56.9 Å². The zero-order valence-electron chi connectivity index (χ0n) is 27.2. The molecule has 0 bridgehead atoms. The van der Waals surface area contributed by atoms with Gasteiger partial charge >= 0.3 is 12.4 Å². The van der Waals surface area contributed by atoms with E-state index in [-0.39, 0.29) is 5.52 Å². The minimum Gasteiger partial charge on any atom is -0.378 e. The number of halogens is 6. The molecule has 1 fully saturated rings. The van der Waals surface area contributed by atoms with E-state index in [9.17, 15) is 31.4 Å². The van der Waals surface area contributed by atoms with Gasteiger partial charge in [-0.2, -0.15) is 36.4 Å². The first-order valence-electron chi connectivity index (χ1n) is 15.8. The van der Waals surface area contributed by atoms with E-state index in [2.05, 4.69) is 40.0 Å². The lowest BCUT2D eigenvalue weighted by molar-refractivity contribution is -0.372. The average Bonchev–Trinajstić information content (AvgIpc) is 3.54. The first-order chi connectivity index (χ1) is 24.8. The van der Waals surface area contributed by atoms with Crippen LogP contribution in [-0.2, 0) is 11.3 Å². The molecule has 18 heteroatoms. The lowest BCUT2D eigenvalue weighted by Gasteiger charge is -2.32. The minimum atomic E-state index is -5.98. The summed E-state index contributed by atoms with van der Waals surface area (Å²) >= 11 is 1.37. The Kier molecular flexibility index (Phi) is 9.30. The second kappa shape index (κ2) is 13.7. The third kappa shape index (κ3) is 6.88. The van der Waals surface area contributed by atoms with Crippen LogP contribution in [0, 0.1) is 6.92 Å². The molecule has 2 aromatic carbocycles. The molecule has 3 N–H and O–H groups in total. The van der Waals surface area contributed by atoms with Gasteiger partial charge < -0.3 is 20.1 Å². The van der Waals surface area contributed by atoms with Crippen LogP contribution in [0.1, 0.15) is 5.56 Å². The molecule has 0 spiro atoms. The number of ether oxygens (including phenoxy) is 1. The normalized spacial score (nSPS) is 14.3. The van der Waals surface area contributed by atoms with Gasteiger partial charge in [-0.3, -0.25) is 14.4 Å². The smallest absolute Gasteiger partial charge is 0.378 e. The van der Waals surface area contributed by atoms with Gasteiger partial charge in [-0.15, -0.1) is 0 Å². The van der Waals surface area contributed by atoms with E-state index < -0.39 is 24.5 Å². The molecule has 5 heterocycles. The molecular weight excluding hydrogens is 712 g/mol. The second-order valence-electron chi connectivity index (χ2n) is 12.0.